The van der Waals surface area contributed by atoms with Gasteiger partial charge in [-0.1, -0.05) is 46.7 Å². The lowest BCUT2D eigenvalue weighted by Gasteiger charge is -2.16. The molecule has 0 saturated carbocycles. The molecule has 1 heterocycles. The summed E-state index contributed by atoms with van der Waals surface area (Å²) in [5, 5.41) is 11.6. The molecule has 5 nitrogen and oxygen atoms in total. The number of aromatic nitrogens is 2. The van der Waals surface area contributed by atoms with Crippen molar-refractivity contribution >= 4 is 45.6 Å². The van der Waals surface area contributed by atoms with E-state index in [2.05, 4.69) is 15.5 Å². The van der Waals surface area contributed by atoms with Gasteiger partial charge in [-0.25, -0.2) is 0 Å². The molecule has 1 aromatic heterocycles. The Hall–Kier alpha value is -1.21. The maximum Gasteiger partial charge on any atom is 0.240 e. The normalized spacial score (nSPS) is 10.8. The summed E-state index contributed by atoms with van der Waals surface area (Å²) in [6.07, 6.45) is 0. The van der Waals surface area contributed by atoms with Crippen LogP contribution in [0.3, 0.4) is 0 Å². The van der Waals surface area contributed by atoms with Crippen LogP contribution in [0, 0.1) is 0 Å². The monoisotopic (exact) mass is 330 g/mol. The lowest BCUT2D eigenvalue weighted by molar-refractivity contribution is -0.117. The third-order valence-corrected chi connectivity index (χ3v) is 3.96. The quantitative estimate of drug-likeness (QED) is 0.915. The zero-order valence-corrected chi connectivity index (χ0v) is 13.0. The predicted octanol–water partition coefficient (Wildman–Crippen LogP) is 2.92. The molecular formula is C12H12Cl2N4OS. The number of rotatable bonds is 5. The molecular weight excluding hydrogens is 319 g/mol. The fourth-order valence-electron chi connectivity index (χ4n) is 1.65. The first-order valence-corrected chi connectivity index (χ1v) is 7.37. The summed E-state index contributed by atoms with van der Waals surface area (Å²) in [7, 11) is 1.83. The highest BCUT2D eigenvalue weighted by Crippen LogP contribution is 2.26. The van der Waals surface area contributed by atoms with E-state index in [1.54, 1.807) is 11.6 Å². The van der Waals surface area contributed by atoms with Crippen molar-refractivity contribution in [3.63, 3.8) is 0 Å². The second kappa shape index (κ2) is 6.99. The van der Waals surface area contributed by atoms with E-state index in [1.165, 1.54) is 11.3 Å². The van der Waals surface area contributed by atoms with Gasteiger partial charge in [0.2, 0.25) is 11.0 Å². The first-order valence-electron chi connectivity index (χ1n) is 5.73. The summed E-state index contributed by atoms with van der Waals surface area (Å²) in [4.78, 5) is 13.6. The van der Waals surface area contributed by atoms with Crippen LogP contribution in [0.1, 0.15) is 5.56 Å². The molecule has 0 aliphatic heterocycles. The standard InChI is InChI=1S/C12H12Cl2N4OS/c1-18(5-8-3-2-4-9(13)11(8)14)6-10(19)16-12-17-15-7-20-12/h2-4,7H,5-6H2,1H3,(H,16,17,19). The summed E-state index contributed by atoms with van der Waals surface area (Å²) >= 11 is 13.3. The summed E-state index contributed by atoms with van der Waals surface area (Å²) in [6, 6.07) is 5.45. The largest absolute Gasteiger partial charge is 0.299 e. The van der Waals surface area contributed by atoms with Gasteiger partial charge < -0.3 is 0 Å². The van der Waals surface area contributed by atoms with Gasteiger partial charge >= 0.3 is 0 Å². The van der Waals surface area contributed by atoms with E-state index in [0.29, 0.717) is 21.7 Å². The molecule has 1 amide bonds. The fraction of sp³-hybridized carbons (Fsp3) is 0.250. The number of hydrogen-bond acceptors (Lipinski definition) is 5. The number of benzene rings is 1. The first kappa shape index (κ1) is 15.2. The van der Waals surface area contributed by atoms with Crippen molar-refractivity contribution < 1.29 is 4.79 Å². The average Bonchev–Trinajstić information content (AvgIpc) is 2.87. The van der Waals surface area contributed by atoms with Gasteiger partial charge in [0.1, 0.15) is 5.51 Å². The predicted molar refractivity (Wildman–Crippen MR) is 81.3 cm³/mol. The number of hydrogen-bond donors (Lipinski definition) is 1. The van der Waals surface area contributed by atoms with E-state index in [-0.39, 0.29) is 12.5 Å². The van der Waals surface area contributed by atoms with Gasteiger partial charge in [-0.05, 0) is 18.7 Å². The highest BCUT2D eigenvalue weighted by molar-refractivity contribution is 7.13. The number of carbonyl (C=O) groups is 1. The van der Waals surface area contributed by atoms with Crippen LogP contribution in [0.25, 0.3) is 0 Å². The average molecular weight is 331 g/mol. The Morgan fingerprint density at radius 1 is 1.45 bits per heavy atom. The molecule has 106 valence electrons. The smallest absolute Gasteiger partial charge is 0.240 e. The third-order valence-electron chi connectivity index (χ3n) is 2.49. The topological polar surface area (TPSA) is 58.1 Å². The Bertz CT molecular complexity index is 591. The Balaban J connectivity index is 1.90. The molecule has 0 aliphatic carbocycles. The van der Waals surface area contributed by atoms with Crippen molar-refractivity contribution in [1.29, 1.82) is 0 Å². The van der Waals surface area contributed by atoms with Crippen LogP contribution in [0.15, 0.2) is 23.7 Å². The molecule has 0 saturated heterocycles. The lowest BCUT2D eigenvalue weighted by Crippen LogP contribution is -2.29. The SMILES string of the molecule is CN(CC(=O)Nc1nncs1)Cc1cccc(Cl)c1Cl. The van der Waals surface area contributed by atoms with Crippen LogP contribution in [0.5, 0.6) is 0 Å². The minimum Gasteiger partial charge on any atom is -0.299 e. The van der Waals surface area contributed by atoms with E-state index in [4.69, 9.17) is 23.2 Å². The molecule has 8 heteroatoms. The summed E-state index contributed by atoms with van der Waals surface area (Å²) in [6.45, 7) is 0.755. The van der Waals surface area contributed by atoms with E-state index < -0.39 is 0 Å². The Labute approximate surface area is 130 Å². The molecule has 0 unspecified atom stereocenters. The number of anilines is 1. The molecule has 2 aromatic rings. The zero-order chi connectivity index (χ0) is 14.5. The number of nitrogens with zero attached hydrogens (tertiary/aromatic N) is 3. The number of halogens is 2. The van der Waals surface area contributed by atoms with Gasteiger partial charge in [0.05, 0.1) is 16.6 Å². The molecule has 0 fully saturated rings. The Kier molecular flexibility index (Phi) is 5.31. The van der Waals surface area contributed by atoms with Crippen molar-refractivity contribution in [2.24, 2.45) is 0 Å². The maximum atomic E-state index is 11.8. The lowest BCUT2D eigenvalue weighted by atomic mass is 10.2. The Morgan fingerprint density at radius 3 is 2.95 bits per heavy atom. The van der Waals surface area contributed by atoms with Crippen molar-refractivity contribution in [3.05, 3.63) is 39.3 Å². The number of amides is 1. The first-order chi connectivity index (χ1) is 9.56. The van der Waals surface area contributed by atoms with Gasteiger partial charge in [0, 0.05) is 6.54 Å². The van der Waals surface area contributed by atoms with Crippen LogP contribution < -0.4 is 5.32 Å². The Morgan fingerprint density at radius 2 is 2.25 bits per heavy atom. The number of likely N-dealkylation sites (N-methyl/N-ethyl adjacent to an activating group) is 1. The van der Waals surface area contributed by atoms with Crippen molar-refractivity contribution in [3.8, 4) is 0 Å². The zero-order valence-electron chi connectivity index (χ0n) is 10.6. The van der Waals surface area contributed by atoms with Gasteiger partial charge in [0.15, 0.2) is 0 Å². The van der Waals surface area contributed by atoms with Gasteiger partial charge in [0.25, 0.3) is 0 Å². The molecule has 0 bridgehead atoms. The maximum absolute atomic E-state index is 11.8. The molecule has 0 atom stereocenters. The summed E-state index contributed by atoms with van der Waals surface area (Å²) in [5.74, 6) is -0.151. The summed E-state index contributed by atoms with van der Waals surface area (Å²) in [5.41, 5.74) is 2.44. The van der Waals surface area contributed by atoms with E-state index in [9.17, 15) is 4.79 Å². The van der Waals surface area contributed by atoms with Crippen molar-refractivity contribution in [2.45, 2.75) is 6.54 Å². The molecule has 0 aliphatic rings. The second-order valence-corrected chi connectivity index (χ2v) is 5.80. The molecule has 20 heavy (non-hydrogen) atoms. The molecule has 0 spiro atoms. The van der Waals surface area contributed by atoms with E-state index >= 15 is 0 Å². The van der Waals surface area contributed by atoms with Crippen LogP contribution in [-0.2, 0) is 11.3 Å². The molecule has 2 rings (SSSR count). The minimum absolute atomic E-state index is 0.151. The molecule has 1 aromatic carbocycles. The fourth-order valence-corrected chi connectivity index (χ4v) is 2.49. The second-order valence-electron chi connectivity index (χ2n) is 4.18. The van der Waals surface area contributed by atoms with Crippen molar-refractivity contribution in [1.82, 2.24) is 15.1 Å². The third kappa shape index (κ3) is 4.14. The van der Waals surface area contributed by atoms with Crippen LogP contribution in [-0.4, -0.2) is 34.6 Å². The van der Waals surface area contributed by atoms with E-state index in [1.807, 2.05) is 24.1 Å². The van der Waals surface area contributed by atoms with Gasteiger partial charge in [-0.15, -0.1) is 10.2 Å². The number of nitrogens with one attached hydrogen (secondary N) is 1. The minimum atomic E-state index is -0.151. The van der Waals surface area contributed by atoms with Crippen LogP contribution in [0.4, 0.5) is 5.13 Å². The van der Waals surface area contributed by atoms with Crippen LogP contribution >= 0.6 is 34.5 Å². The molecule has 0 radical (unpaired) electrons. The summed E-state index contributed by atoms with van der Waals surface area (Å²) < 4.78 is 0. The van der Waals surface area contributed by atoms with Crippen molar-refractivity contribution in [2.75, 3.05) is 18.9 Å². The number of carbonyl (C=O) groups excluding carboxylic acids is 1. The van der Waals surface area contributed by atoms with Gasteiger partial charge in [-0.3, -0.25) is 15.0 Å². The van der Waals surface area contributed by atoms with E-state index in [0.717, 1.165) is 5.56 Å². The van der Waals surface area contributed by atoms with Gasteiger partial charge in [-0.2, -0.15) is 0 Å². The highest BCUT2D eigenvalue weighted by atomic mass is 35.5. The molecule has 1 N–H and O–H groups in total. The highest BCUT2D eigenvalue weighted by Gasteiger charge is 2.11. The van der Waals surface area contributed by atoms with Crippen LogP contribution in [0.2, 0.25) is 10.0 Å².